The van der Waals surface area contributed by atoms with Gasteiger partial charge >= 0.3 is 0 Å². The molecule has 0 saturated heterocycles. The normalized spacial score (nSPS) is 12.0. The Kier molecular flexibility index (Phi) is 5.40. The summed E-state index contributed by atoms with van der Waals surface area (Å²) in [7, 11) is 1.58. The molecule has 0 bridgehead atoms. The molecule has 3 aromatic rings. The third-order valence-corrected chi connectivity index (χ3v) is 4.71. The first-order chi connectivity index (χ1) is 12.1. The zero-order valence-electron chi connectivity index (χ0n) is 13.6. The summed E-state index contributed by atoms with van der Waals surface area (Å²) in [6, 6.07) is 14.2. The highest BCUT2D eigenvalue weighted by molar-refractivity contribution is 8.00. The van der Waals surface area contributed by atoms with Gasteiger partial charge in [-0.1, -0.05) is 35.5 Å². The average molecular weight is 375 g/mol. The number of aromatic nitrogens is 2. The van der Waals surface area contributed by atoms with Crippen LogP contribution < -0.4 is 4.74 Å². The van der Waals surface area contributed by atoms with Crippen molar-refractivity contribution in [1.29, 1.82) is 0 Å². The van der Waals surface area contributed by atoms with Gasteiger partial charge in [0.25, 0.3) is 11.1 Å². The summed E-state index contributed by atoms with van der Waals surface area (Å²) in [4.78, 5) is 12.5. The molecule has 5 nitrogen and oxygen atoms in total. The summed E-state index contributed by atoms with van der Waals surface area (Å²) in [5.74, 6) is 0.970. The summed E-state index contributed by atoms with van der Waals surface area (Å²) < 4.78 is 11.0. The van der Waals surface area contributed by atoms with Crippen LogP contribution in [0.3, 0.4) is 0 Å². The molecule has 128 valence electrons. The minimum Gasteiger partial charge on any atom is -0.496 e. The topological polar surface area (TPSA) is 65.2 Å². The lowest BCUT2D eigenvalue weighted by molar-refractivity contribution is 0.0993. The molecule has 2 aromatic carbocycles. The van der Waals surface area contributed by atoms with Gasteiger partial charge in [-0.25, -0.2) is 0 Å². The summed E-state index contributed by atoms with van der Waals surface area (Å²) in [5.41, 5.74) is 1.30. The van der Waals surface area contributed by atoms with Gasteiger partial charge in [0, 0.05) is 10.6 Å². The fourth-order valence-electron chi connectivity index (χ4n) is 2.24. The molecule has 0 aliphatic heterocycles. The van der Waals surface area contributed by atoms with Gasteiger partial charge in [-0.05, 0) is 43.3 Å². The molecule has 0 fully saturated rings. The van der Waals surface area contributed by atoms with Crippen molar-refractivity contribution in [2.24, 2.45) is 0 Å². The number of para-hydroxylation sites is 1. The molecule has 0 radical (unpaired) electrons. The van der Waals surface area contributed by atoms with Crippen LogP contribution in [0.4, 0.5) is 0 Å². The molecule has 0 N–H and O–H groups in total. The van der Waals surface area contributed by atoms with Crippen LogP contribution in [0.2, 0.25) is 5.02 Å². The molecule has 0 aliphatic carbocycles. The van der Waals surface area contributed by atoms with Crippen molar-refractivity contribution in [2.75, 3.05) is 7.11 Å². The van der Waals surface area contributed by atoms with E-state index in [9.17, 15) is 4.79 Å². The molecular formula is C18H15ClN2O3S. The lowest BCUT2D eigenvalue weighted by atomic mass is 10.1. The van der Waals surface area contributed by atoms with Crippen molar-refractivity contribution in [2.45, 2.75) is 17.4 Å². The number of benzene rings is 2. The number of carbonyl (C=O) groups is 1. The van der Waals surface area contributed by atoms with Crippen molar-refractivity contribution in [1.82, 2.24) is 10.2 Å². The second kappa shape index (κ2) is 7.72. The number of ketones is 1. The Morgan fingerprint density at radius 2 is 1.88 bits per heavy atom. The SMILES string of the molecule is COc1ccccc1-c1nnc(S[C@@H](C)C(=O)c2ccc(Cl)cc2)o1. The number of halogens is 1. The standard InChI is InChI=1S/C18H15ClN2O3S/c1-11(16(22)12-7-9-13(19)10-8-12)25-18-21-20-17(24-18)14-5-3-4-6-15(14)23-2/h3-11H,1-2H3/t11-/m0/s1. The Morgan fingerprint density at radius 1 is 1.16 bits per heavy atom. The largest absolute Gasteiger partial charge is 0.496 e. The number of thioether (sulfide) groups is 1. The Hall–Kier alpha value is -2.31. The second-order valence-electron chi connectivity index (χ2n) is 5.20. The van der Waals surface area contributed by atoms with Crippen LogP contribution in [-0.4, -0.2) is 28.3 Å². The number of carbonyl (C=O) groups excluding carboxylic acids is 1. The zero-order chi connectivity index (χ0) is 17.8. The lowest BCUT2D eigenvalue weighted by Crippen LogP contribution is -2.13. The minimum absolute atomic E-state index is 0.0290. The van der Waals surface area contributed by atoms with Gasteiger partial charge < -0.3 is 9.15 Å². The van der Waals surface area contributed by atoms with E-state index >= 15 is 0 Å². The smallest absolute Gasteiger partial charge is 0.277 e. The average Bonchev–Trinajstić information content (AvgIpc) is 3.10. The molecule has 0 aliphatic rings. The second-order valence-corrected chi connectivity index (χ2v) is 6.93. The van der Waals surface area contributed by atoms with Crippen LogP contribution in [0.5, 0.6) is 5.75 Å². The molecule has 0 amide bonds. The monoisotopic (exact) mass is 374 g/mol. The number of methoxy groups -OCH3 is 1. The molecule has 0 spiro atoms. The highest BCUT2D eigenvalue weighted by Gasteiger charge is 2.21. The maximum atomic E-state index is 12.5. The van der Waals surface area contributed by atoms with Gasteiger partial charge in [0.15, 0.2) is 5.78 Å². The maximum Gasteiger partial charge on any atom is 0.277 e. The van der Waals surface area contributed by atoms with Crippen LogP contribution >= 0.6 is 23.4 Å². The van der Waals surface area contributed by atoms with Crippen LogP contribution in [0.1, 0.15) is 17.3 Å². The van der Waals surface area contributed by atoms with Crippen LogP contribution in [0.15, 0.2) is 58.2 Å². The lowest BCUT2D eigenvalue weighted by Gasteiger charge is -2.07. The Balaban J connectivity index is 1.74. The molecule has 1 atom stereocenters. The van der Waals surface area contributed by atoms with Crippen molar-refractivity contribution in [3.63, 3.8) is 0 Å². The molecule has 1 heterocycles. The predicted molar refractivity (Wildman–Crippen MR) is 97.4 cm³/mol. The first kappa shape index (κ1) is 17.5. The van der Waals surface area contributed by atoms with Gasteiger partial charge in [-0.15, -0.1) is 10.2 Å². The van der Waals surface area contributed by atoms with Crippen molar-refractivity contribution >= 4 is 29.1 Å². The van der Waals surface area contributed by atoms with E-state index in [2.05, 4.69) is 10.2 Å². The van der Waals surface area contributed by atoms with Gasteiger partial charge in [-0.2, -0.15) is 0 Å². The summed E-state index contributed by atoms with van der Waals surface area (Å²) in [6.07, 6.45) is 0. The van der Waals surface area contributed by atoms with E-state index < -0.39 is 0 Å². The molecule has 3 rings (SSSR count). The first-order valence-electron chi connectivity index (χ1n) is 7.52. The Bertz CT molecular complexity index is 880. The Morgan fingerprint density at radius 3 is 2.60 bits per heavy atom. The van der Waals surface area contributed by atoms with Crippen molar-refractivity contribution in [3.8, 4) is 17.2 Å². The number of nitrogens with zero attached hydrogens (tertiary/aromatic N) is 2. The fraction of sp³-hybridized carbons (Fsp3) is 0.167. The minimum atomic E-state index is -0.368. The fourth-order valence-corrected chi connectivity index (χ4v) is 3.13. The summed E-state index contributed by atoms with van der Waals surface area (Å²) in [6.45, 7) is 1.80. The third-order valence-electron chi connectivity index (χ3n) is 3.52. The van der Waals surface area contributed by atoms with Crippen LogP contribution in [0, 0.1) is 0 Å². The number of rotatable bonds is 6. The van der Waals surface area contributed by atoms with E-state index in [1.165, 1.54) is 11.8 Å². The highest BCUT2D eigenvalue weighted by Crippen LogP contribution is 2.32. The van der Waals surface area contributed by atoms with E-state index in [1.54, 1.807) is 38.3 Å². The molecule has 0 unspecified atom stereocenters. The van der Waals surface area contributed by atoms with Crippen molar-refractivity contribution in [3.05, 3.63) is 59.1 Å². The zero-order valence-corrected chi connectivity index (χ0v) is 15.2. The van der Waals surface area contributed by atoms with E-state index in [4.69, 9.17) is 20.8 Å². The van der Waals surface area contributed by atoms with Gasteiger partial charge in [0.1, 0.15) is 5.75 Å². The summed E-state index contributed by atoms with van der Waals surface area (Å²) >= 11 is 7.07. The predicted octanol–water partition coefficient (Wildman–Crippen LogP) is 4.76. The first-order valence-corrected chi connectivity index (χ1v) is 8.77. The van der Waals surface area contributed by atoms with Crippen LogP contribution in [-0.2, 0) is 0 Å². The molecule has 7 heteroatoms. The molecule has 1 aromatic heterocycles. The highest BCUT2D eigenvalue weighted by atomic mass is 35.5. The number of hydrogen-bond donors (Lipinski definition) is 0. The third kappa shape index (κ3) is 4.03. The number of ether oxygens (including phenoxy) is 1. The van der Waals surface area contributed by atoms with E-state index in [1.807, 2.05) is 24.3 Å². The molecule has 25 heavy (non-hydrogen) atoms. The quantitative estimate of drug-likeness (QED) is 0.457. The van der Waals surface area contributed by atoms with Gasteiger partial charge in [0.2, 0.25) is 0 Å². The van der Waals surface area contributed by atoms with E-state index in [0.717, 1.165) is 0 Å². The number of Topliss-reactive ketones (excluding diaryl/α,β-unsaturated/α-hetero) is 1. The van der Waals surface area contributed by atoms with Crippen LogP contribution in [0.25, 0.3) is 11.5 Å². The summed E-state index contributed by atoms with van der Waals surface area (Å²) in [5, 5.41) is 8.61. The maximum absolute atomic E-state index is 12.5. The van der Waals surface area contributed by atoms with Gasteiger partial charge in [0.05, 0.1) is 17.9 Å². The molecule has 0 saturated carbocycles. The van der Waals surface area contributed by atoms with E-state index in [0.29, 0.717) is 33.0 Å². The van der Waals surface area contributed by atoms with Gasteiger partial charge in [-0.3, -0.25) is 4.79 Å². The molecular weight excluding hydrogens is 360 g/mol. The van der Waals surface area contributed by atoms with Crippen molar-refractivity contribution < 1.29 is 13.9 Å². The Labute approximate surface area is 154 Å². The van der Waals surface area contributed by atoms with E-state index in [-0.39, 0.29) is 11.0 Å². The number of hydrogen-bond acceptors (Lipinski definition) is 6.